The van der Waals surface area contributed by atoms with Crippen molar-refractivity contribution in [3.8, 4) is 0 Å². The number of fused-ring (bicyclic) bond motifs is 1. The largest absolute Gasteiger partial charge is 0.392 e. The minimum absolute atomic E-state index is 0.0220. The monoisotopic (exact) mass is 363 g/mol. The first-order chi connectivity index (χ1) is 13.1. The van der Waals surface area contributed by atoms with E-state index in [0.29, 0.717) is 32.2 Å². The molecule has 0 saturated carbocycles. The molecule has 0 fully saturated rings. The number of hydrogen-bond donors (Lipinski definition) is 1. The van der Waals surface area contributed by atoms with Crippen molar-refractivity contribution in [1.82, 2.24) is 0 Å². The van der Waals surface area contributed by atoms with E-state index in [1.165, 1.54) is 0 Å². The third-order valence-electron chi connectivity index (χ3n) is 5.10. The molecule has 1 aromatic carbocycles. The number of rotatable bonds is 10. The second-order valence-corrected chi connectivity index (χ2v) is 6.87. The third-order valence-corrected chi connectivity index (χ3v) is 5.10. The summed E-state index contributed by atoms with van der Waals surface area (Å²) in [5, 5.41) is 9.38. The summed E-state index contributed by atoms with van der Waals surface area (Å²) >= 11 is 0. The Morgan fingerprint density at radius 1 is 1.11 bits per heavy atom. The number of anilines is 1. The van der Waals surface area contributed by atoms with Crippen molar-refractivity contribution >= 4 is 17.2 Å². The minimum atomic E-state index is -0.345. The molecule has 0 saturated heterocycles. The van der Waals surface area contributed by atoms with E-state index in [2.05, 4.69) is 32.4 Å². The number of allylic oxidation sites excluding steroid dienone is 4. The SMILES string of the molecule is C=CCC(=CCO)c1ccc2c(c1)C(CC=C)(CC=C)CC(=O)N2CC=C. The second-order valence-electron chi connectivity index (χ2n) is 6.87. The molecule has 142 valence electrons. The van der Waals surface area contributed by atoms with Crippen LogP contribution in [-0.4, -0.2) is 24.2 Å². The first-order valence-corrected chi connectivity index (χ1v) is 9.25. The summed E-state index contributed by atoms with van der Waals surface area (Å²) in [4.78, 5) is 14.7. The zero-order valence-corrected chi connectivity index (χ0v) is 16.0. The van der Waals surface area contributed by atoms with Gasteiger partial charge in [-0.3, -0.25) is 4.79 Å². The molecule has 1 amide bonds. The average molecular weight is 364 g/mol. The summed E-state index contributed by atoms with van der Waals surface area (Å²) in [6, 6.07) is 6.15. The van der Waals surface area contributed by atoms with Gasteiger partial charge in [0.25, 0.3) is 0 Å². The van der Waals surface area contributed by atoms with Crippen LogP contribution in [0.5, 0.6) is 0 Å². The van der Waals surface area contributed by atoms with E-state index in [0.717, 1.165) is 22.4 Å². The summed E-state index contributed by atoms with van der Waals surface area (Å²) in [6.07, 6.45) is 11.6. The molecule has 1 heterocycles. The Hall–Kier alpha value is -2.65. The van der Waals surface area contributed by atoms with Gasteiger partial charge in [-0.15, -0.1) is 26.3 Å². The molecule has 0 atom stereocenters. The fourth-order valence-electron chi connectivity index (χ4n) is 3.92. The Kier molecular flexibility index (Phi) is 7.14. The Morgan fingerprint density at radius 3 is 2.37 bits per heavy atom. The molecule has 2 rings (SSSR count). The van der Waals surface area contributed by atoms with Gasteiger partial charge < -0.3 is 10.0 Å². The van der Waals surface area contributed by atoms with Crippen molar-refractivity contribution in [3.05, 3.63) is 86.0 Å². The summed E-state index contributed by atoms with van der Waals surface area (Å²) in [6.45, 7) is 15.9. The van der Waals surface area contributed by atoms with Crippen LogP contribution >= 0.6 is 0 Å². The first kappa shape index (κ1) is 20.7. The van der Waals surface area contributed by atoms with Crippen LogP contribution in [0.3, 0.4) is 0 Å². The molecule has 0 radical (unpaired) electrons. The standard InChI is InChI=1S/C24H29NO2/c1-5-9-19(12-16-26)20-10-11-22-21(17-20)24(13-6-2,14-7-3)18-23(27)25(22)15-8-4/h5-8,10-12,17,26H,1-4,9,13-16,18H2. The molecule has 0 bridgehead atoms. The third kappa shape index (κ3) is 4.20. The van der Waals surface area contributed by atoms with E-state index in [4.69, 9.17) is 0 Å². The maximum absolute atomic E-state index is 12.9. The molecular formula is C24H29NO2. The highest BCUT2D eigenvalue weighted by Crippen LogP contribution is 2.46. The molecule has 0 spiro atoms. The zero-order valence-electron chi connectivity index (χ0n) is 16.0. The predicted molar refractivity (Wildman–Crippen MR) is 115 cm³/mol. The molecule has 1 aromatic rings. The number of aliphatic hydroxyl groups is 1. The lowest BCUT2D eigenvalue weighted by atomic mass is 9.68. The van der Waals surface area contributed by atoms with Crippen LogP contribution in [0.4, 0.5) is 5.69 Å². The maximum Gasteiger partial charge on any atom is 0.228 e. The van der Waals surface area contributed by atoms with Crippen molar-refractivity contribution < 1.29 is 9.90 Å². The molecule has 3 heteroatoms. The average Bonchev–Trinajstić information content (AvgIpc) is 2.65. The molecule has 1 aliphatic heterocycles. The van der Waals surface area contributed by atoms with Gasteiger partial charge in [0, 0.05) is 24.1 Å². The number of amides is 1. The Balaban J connectivity index is 2.70. The van der Waals surface area contributed by atoms with Crippen molar-refractivity contribution in [2.24, 2.45) is 0 Å². The van der Waals surface area contributed by atoms with Crippen LogP contribution in [-0.2, 0) is 10.2 Å². The summed E-state index contributed by atoms with van der Waals surface area (Å²) < 4.78 is 0. The van der Waals surface area contributed by atoms with E-state index < -0.39 is 0 Å². The Morgan fingerprint density at radius 2 is 1.81 bits per heavy atom. The Bertz CT molecular complexity index is 763. The van der Waals surface area contributed by atoms with E-state index in [1.807, 2.05) is 36.4 Å². The fourth-order valence-corrected chi connectivity index (χ4v) is 3.92. The number of carbonyl (C=O) groups is 1. The van der Waals surface area contributed by atoms with E-state index in [9.17, 15) is 9.90 Å². The van der Waals surface area contributed by atoms with Gasteiger partial charge in [-0.1, -0.05) is 36.4 Å². The van der Waals surface area contributed by atoms with E-state index in [1.54, 1.807) is 11.0 Å². The quantitative estimate of drug-likeness (QED) is 0.598. The lowest BCUT2D eigenvalue weighted by Crippen LogP contribution is -2.44. The summed E-state index contributed by atoms with van der Waals surface area (Å²) in [5.74, 6) is 0.0936. The smallest absolute Gasteiger partial charge is 0.228 e. The molecule has 0 aliphatic carbocycles. The number of aliphatic hydroxyl groups excluding tert-OH is 1. The number of nitrogens with zero attached hydrogens (tertiary/aromatic N) is 1. The molecular weight excluding hydrogens is 334 g/mol. The summed E-state index contributed by atoms with van der Waals surface area (Å²) in [7, 11) is 0. The lowest BCUT2D eigenvalue weighted by molar-refractivity contribution is -0.120. The molecule has 1 N–H and O–H groups in total. The van der Waals surface area contributed by atoms with Crippen LogP contribution in [0.25, 0.3) is 5.57 Å². The zero-order chi connectivity index (χ0) is 19.9. The van der Waals surface area contributed by atoms with Gasteiger partial charge in [0.05, 0.1) is 6.61 Å². The minimum Gasteiger partial charge on any atom is -0.392 e. The molecule has 0 aromatic heterocycles. The highest BCUT2D eigenvalue weighted by Gasteiger charge is 2.41. The van der Waals surface area contributed by atoms with Gasteiger partial charge in [0.2, 0.25) is 5.91 Å². The topological polar surface area (TPSA) is 40.5 Å². The van der Waals surface area contributed by atoms with E-state index >= 15 is 0 Å². The number of hydrogen-bond acceptors (Lipinski definition) is 2. The van der Waals surface area contributed by atoms with Gasteiger partial charge in [-0.25, -0.2) is 0 Å². The highest BCUT2D eigenvalue weighted by molar-refractivity contribution is 5.98. The normalized spacial score (nSPS) is 15.8. The lowest BCUT2D eigenvalue weighted by Gasteiger charge is -2.42. The molecule has 1 aliphatic rings. The van der Waals surface area contributed by atoms with Crippen LogP contribution in [0.2, 0.25) is 0 Å². The summed E-state index contributed by atoms with van der Waals surface area (Å²) in [5.41, 5.74) is 3.75. The van der Waals surface area contributed by atoms with Crippen LogP contribution in [0.1, 0.15) is 36.8 Å². The van der Waals surface area contributed by atoms with Crippen molar-refractivity contribution in [2.45, 2.75) is 31.1 Å². The van der Waals surface area contributed by atoms with Gasteiger partial charge in [0.1, 0.15) is 0 Å². The first-order valence-electron chi connectivity index (χ1n) is 9.25. The van der Waals surface area contributed by atoms with Gasteiger partial charge in [0.15, 0.2) is 0 Å². The van der Waals surface area contributed by atoms with Gasteiger partial charge >= 0.3 is 0 Å². The van der Waals surface area contributed by atoms with Crippen molar-refractivity contribution in [3.63, 3.8) is 0 Å². The van der Waals surface area contributed by atoms with Crippen LogP contribution < -0.4 is 4.90 Å². The predicted octanol–water partition coefficient (Wildman–Crippen LogP) is 4.95. The van der Waals surface area contributed by atoms with Crippen molar-refractivity contribution in [2.75, 3.05) is 18.1 Å². The highest BCUT2D eigenvalue weighted by atomic mass is 16.2. The number of carbonyl (C=O) groups excluding carboxylic acids is 1. The van der Waals surface area contributed by atoms with Crippen molar-refractivity contribution in [1.29, 1.82) is 0 Å². The van der Waals surface area contributed by atoms with E-state index in [-0.39, 0.29) is 17.9 Å². The number of benzene rings is 1. The molecule has 3 nitrogen and oxygen atoms in total. The maximum atomic E-state index is 12.9. The van der Waals surface area contributed by atoms with Gasteiger partial charge in [-0.2, -0.15) is 0 Å². The van der Waals surface area contributed by atoms with Crippen LogP contribution in [0.15, 0.2) is 74.9 Å². The second kappa shape index (κ2) is 9.33. The van der Waals surface area contributed by atoms with Gasteiger partial charge in [-0.05, 0) is 48.1 Å². The molecule has 0 unspecified atom stereocenters. The molecule has 27 heavy (non-hydrogen) atoms. The Labute approximate surface area is 162 Å². The fraction of sp³-hybridized carbons (Fsp3) is 0.292. The van der Waals surface area contributed by atoms with Crippen LogP contribution in [0, 0.1) is 0 Å².